The van der Waals surface area contributed by atoms with Crippen molar-refractivity contribution >= 4 is 5.69 Å². The van der Waals surface area contributed by atoms with Gasteiger partial charge in [-0.3, -0.25) is 0 Å². The summed E-state index contributed by atoms with van der Waals surface area (Å²) in [5.41, 5.74) is 6.21. The lowest BCUT2D eigenvalue weighted by molar-refractivity contribution is 0.439. The number of ether oxygens (including phenoxy) is 1. The fourth-order valence-corrected chi connectivity index (χ4v) is 0.965. The summed E-state index contributed by atoms with van der Waals surface area (Å²) in [7, 11) is 0. The third-order valence-corrected chi connectivity index (χ3v) is 1.54. The molecule has 0 unspecified atom stereocenters. The van der Waals surface area contributed by atoms with Gasteiger partial charge in [-0.15, -0.1) is 0 Å². The third-order valence-electron chi connectivity index (χ3n) is 1.54. The number of benzene rings is 1. The van der Waals surface area contributed by atoms with Crippen LogP contribution in [0.2, 0.25) is 0 Å². The molecule has 0 aliphatic carbocycles. The second-order valence-electron chi connectivity index (χ2n) is 2.60. The molecule has 14 heavy (non-hydrogen) atoms. The van der Waals surface area contributed by atoms with Gasteiger partial charge in [0.1, 0.15) is 18.4 Å². The van der Waals surface area contributed by atoms with Crippen molar-refractivity contribution in [3.8, 4) is 11.8 Å². The van der Waals surface area contributed by atoms with Gasteiger partial charge in [-0.25, -0.2) is 4.98 Å². The van der Waals surface area contributed by atoms with Gasteiger partial charge in [-0.2, -0.15) is 9.97 Å². The van der Waals surface area contributed by atoms with Crippen LogP contribution in [-0.4, -0.2) is 15.0 Å². The Hall–Kier alpha value is -2.17. The zero-order valence-corrected chi connectivity index (χ0v) is 7.29. The van der Waals surface area contributed by atoms with Crippen LogP contribution in [0.4, 0.5) is 5.69 Å². The summed E-state index contributed by atoms with van der Waals surface area (Å²) >= 11 is 0. The second-order valence-corrected chi connectivity index (χ2v) is 2.60. The van der Waals surface area contributed by atoms with Crippen molar-refractivity contribution in [2.45, 2.75) is 0 Å². The molecule has 5 heteroatoms. The van der Waals surface area contributed by atoms with Gasteiger partial charge < -0.3 is 10.5 Å². The normalized spacial score (nSPS) is 9.71. The number of nitrogens with two attached hydrogens (primary N) is 1. The molecule has 0 saturated carbocycles. The van der Waals surface area contributed by atoms with E-state index in [9.17, 15) is 0 Å². The fourth-order valence-electron chi connectivity index (χ4n) is 0.965. The number of rotatable bonds is 2. The summed E-state index contributed by atoms with van der Waals surface area (Å²) in [5.74, 6) is 0.608. The van der Waals surface area contributed by atoms with Gasteiger partial charge >= 0.3 is 6.01 Å². The fraction of sp³-hybridized carbons (Fsp3) is 0. The van der Waals surface area contributed by atoms with E-state index in [4.69, 9.17) is 10.5 Å². The standard InChI is InChI=1S/C9H8N4O/c10-7-2-1-3-8(4-7)14-9-12-5-11-6-13-9/h1-6H,10H2. The Morgan fingerprint density at radius 2 is 1.93 bits per heavy atom. The lowest BCUT2D eigenvalue weighted by Gasteiger charge is -2.02. The smallest absolute Gasteiger partial charge is 0.324 e. The quantitative estimate of drug-likeness (QED) is 0.718. The van der Waals surface area contributed by atoms with E-state index in [1.54, 1.807) is 24.3 Å². The molecule has 0 radical (unpaired) electrons. The number of nitrogen functional groups attached to an aromatic ring is 1. The summed E-state index contributed by atoms with van der Waals surface area (Å²) < 4.78 is 5.32. The summed E-state index contributed by atoms with van der Waals surface area (Å²) in [6.07, 6.45) is 2.74. The summed E-state index contributed by atoms with van der Waals surface area (Å²) in [5, 5.41) is 0. The van der Waals surface area contributed by atoms with E-state index in [1.807, 2.05) is 0 Å². The molecule has 0 saturated heterocycles. The van der Waals surface area contributed by atoms with E-state index in [-0.39, 0.29) is 6.01 Å². The first-order valence-corrected chi connectivity index (χ1v) is 4.00. The number of anilines is 1. The Balaban J connectivity index is 2.19. The van der Waals surface area contributed by atoms with E-state index < -0.39 is 0 Å². The first kappa shape index (κ1) is 8.43. The highest BCUT2D eigenvalue weighted by atomic mass is 16.5. The van der Waals surface area contributed by atoms with Gasteiger partial charge in [0.25, 0.3) is 0 Å². The second kappa shape index (κ2) is 3.69. The Morgan fingerprint density at radius 1 is 1.14 bits per heavy atom. The van der Waals surface area contributed by atoms with Gasteiger partial charge in [-0.05, 0) is 12.1 Å². The number of hydrogen-bond donors (Lipinski definition) is 1. The Bertz CT molecular complexity index is 418. The van der Waals surface area contributed by atoms with Gasteiger partial charge in [0.2, 0.25) is 0 Å². The van der Waals surface area contributed by atoms with Gasteiger partial charge in [-0.1, -0.05) is 6.07 Å². The predicted octanol–water partition coefficient (Wildman–Crippen LogP) is 1.25. The molecule has 2 rings (SSSR count). The highest BCUT2D eigenvalue weighted by Gasteiger charge is 1.98. The minimum atomic E-state index is 0.255. The molecule has 5 nitrogen and oxygen atoms in total. The predicted molar refractivity (Wildman–Crippen MR) is 50.8 cm³/mol. The van der Waals surface area contributed by atoms with Crippen molar-refractivity contribution < 1.29 is 4.74 Å². The molecule has 70 valence electrons. The maximum absolute atomic E-state index is 5.58. The van der Waals surface area contributed by atoms with Crippen molar-refractivity contribution in [3.63, 3.8) is 0 Å². The summed E-state index contributed by atoms with van der Waals surface area (Å²) in [6, 6.07) is 7.31. The number of aromatic nitrogens is 3. The molecule has 1 aromatic heterocycles. The van der Waals surface area contributed by atoms with Crippen LogP contribution in [0.3, 0.4) is 0 Å². The lowest BCUT2D eigenvalue weighted by Crippen LogP contribution is -1.92. The maximum atomic E-state index is 5.58. The van der Waals surface area contributed by atoms with Crippen LogP contribution >= 0.6 is 0 Å². The van der Waals surface area contributed by atoms with Crippen LogP contribution in [0, 0.1) is 0 Å². The minimum absolute atomic E-state index is 0.255. The SMILES string of the molecule is Nc1cccc(Oc2ncncn2)c1. The molecule has 0 bridgehead atoms. The van der Waals surface area contributed by atoms with Crippen LogP contribution in [0.5, 0.6) is 11.8 Å². The van der Waals surface area contributed by atoms with Crippen LogP contribution < -0.4 is 10.5 Å². The van der Waals surface area contributed by atoms with Crippen LogP contribution in [0.25, 0.3) is 0 Å². The lowest BCUT2D eigenvalue weighted by atomic mass is 10.3. The van der Waals surface area contributed by atoms with E-state index in [0.717, 1.165) is 0 Å². The topological polar surface area (TPSA) is 73.9 Å². The van der Waals surface area contributed by atoms with Crippen LogP contribution in [0.1, 0.15) is 0 Å². The average molecular weight is 188 g/mol. The van der Waals surface area contributed by atoms with Gasteiger partial charge in [0.15, 0.2) is 0 Å². The highest BCUT2D eigenvalue weighted by molar-refractivity contribution is 5.44. The van der Waals surface area contributed by atoms with E-state index >= 15 is 0 Å². The van der Waals surface area contributed by atoms with E-state index in [0.29, 0.717) is 11.4 Å². The molecule has 0 aliphatic rings. The monoisotopic (exact) mass is 188 g/mol. The summed E-state index contributed by atoms with van der Waals surface area (Å²) in [4.78, 5) is 11.3. The molecule has 1 aromatic carbocycles. The molecular weight excluding hydrogens is 180 g/mol. The molecule has 1 heterocycles. The van der Waals surface area contributed by atoms with Gasteiger partial charge in [0, 0.05) is 11.8 Å². The molecule has 2 aromatic rings. The molecule has 0 aliphatic heterocycles. The van der Waals surface area contributed by atoms with Crippen molar-refractivity contribution in [2.75, 3.05) is 5.73 Å². The maximum Gasteiger partial charge on any atom is 0.324 e. The van der Waals surface area contributed by atoms with Crippen molar-refractivity contribution in [1.29, 1.82) is 0 Å². The zero-order chi connectivity index (χ0) is 9.80. The van der Waals surface area contributed by atoms with E-state index in [1.165, 1.54) is 12.7 Å². The Morgan fingerprint density at radius 3 is 2.64 bits per heavy atom. The van der Waals surface area contributed by atoms with Crippen LogP contribution in [0.15, 0.2) is 36.9 Å². The molecule has 0 spiro atoms. The van der Waals surface area contributed by atoms with Crippen molar-refractivity contribution in [2.24, 2.45) is 0 Å². The highest BCUT2D eigenvalue weighted by Crippen LogP contribution is 2.18. The van der Waals surface area contributed by atoms with E-state index in [2.05, 4.69) is 15.0 Å². The zero-order valence-electron chi connectivity index (χ0n) is 7.29. The summed E-state index contributed by atoms with van der Waals surface area (Å²) in [6.45, 7) is 0. The molecule has 0 fully saturated rings. The number of hydrogen-bond acceptors (Lipinski definition) is 5. The molecule has 2 N–H and O–H groups in total. The minimum Gasteiger partial charge on any atom is -0.424 e. The largest absolute Gasteiger partial charge is 0.424 e. The van der Waals surface area contributed by atoms with Crippen LogP contribution in [-0.2, 0) is 0 Å². The Kier molecular flexibility index (Phi) is 2.22. The molecular formula is C9H8N4O. The first-order valence-electron chi connectivity index (χ1n) is 4.00. The molecule has 0 atom stereocenters. The average Bonchev–Trinajstić information content (AvgIpc) is 2.19. The first-order chi connectivity index (χ1) is 6.84. The number of nitrogens with zero attached hydrogens (tertiary/aromatic N) is 3. The van der Waals surface area contributed by atoms with Crippen molar-refractivity contribution in [1.82, 2.24) is 15.0 Å². The third kappa shape index (κ3) is 1.95. The molecule has 0 amide bonds. The Labute approximate surface area is 80.6 Å². The van der Waals surface area contributed by atoms with Gasteiger partial charge in [0.05, 0.1) is 0 Å². The van der Waals surface area contributed by atoms with Crippen molar-refractivity contribution in [3.05, 3.63) is 36.9 Å².